The first kappa shape index (κ1) is 11.1. The number of nitro groups is 1. The summed E-state index contributed by atoms with van der Waals surface area (Å²) in [5.74, 6) is -0.843. The lowest BCUT2D eigenvalue weighted by Crippen LogP contribution is -1.92. The van der Waals surface area contributed by atoms with Crippen molar-refractivity contribution in [2.75, 3.05) is 5.73 Å². The fourth-order valence-corrected chi connectivity index (χ4v) is 1.51. The Bertz CT molecular complexity index is 567. The minimum atomic E-state index is -0.843. The Morgan fingerprint density at radius 2 is 1.65 bits per heavy atom. The van der Waals surface area contributed by atoms with Gasteiger partial charge in [0.2, 0.25) is 5.82 Å². The van der Waals surface area contributed by atoms with Crippen molar-refractivity contribution in [1.29, 1.82) is 0 Å². The van der Waals surface area contributed by atoms with Gasteiger partial charge in [-0.05, 0) is 35.4 Å². The van der Waals surface area contributed by atoms with Crippen LogP contribution in [0, 0.1) is 15.9 Å². The van der Waals surface area contributed by atoms with Crippen molar-refractivity contribution in [3.05, 3.63) is 58.4 Å². The predicted molar refractivity (Wildman–Crippen MR) is 62.9 cm³/mol. The number of halogens is 1. The molecule has 0 aliphatic rings. The van der Waals surface area contributed by atoms with Gasteiger partial charge in [-0.25, -0.2) is 0 Å². The highest BCUT2D eigenvalue weighted by molar-refractivity contribution is 5.66. The molecule has 0 saturated carbocycles. The molecule has 2 aromatic rings. The summed E-state index contributed by atoms with van der Waals surface area (Å²) >= 11 is 0. The van der Waals surface area contributed by atoms with E-state index in [-0.39, 0.29) is 0 Å². The molecule has 0 atom stereocenters. The molecule has 0 heterocycles. The second-order valence-electron chi connectivity index (χ2n) is 3.55. The number of anilines is 1. The third-order valence-corrected chi connectivity index (χ3v) is 2.39. The van der Waals surface area contributed by atoms with E-state index in [1.807, 2.05) is 0 Å². The minimum absolute atomic E-state index is 0.524. The van der Waals surface area contributed by atoms with Gasteiger partial charge in [-0.1, -0.05) is 12.1 Å². The monoisotopic (exact) mass is 232 g/mol. The molecule has 0 unspecified atom stereocenters. The lowest BCUT2D eigenvalue weighted by atomic mass is 10.0. The van der Waals surface area contributed by atoms with Gasteiger partial charge < -0.3 is 5.73 Å². The Hall–Kier alpha value is -2.43. The van der Waals surface area contributed by atoms with Crippen molar-refractivity contribution in [3.63, 3.8) is 0 Å². The first-order valence-electron chi connectivity index (χ1n) is 4.88. The summed E-state index contributed by atoms with van der Waals surface area (Å²) in [7, 11) is 0. The summed E-state index contributed by atoms with van der Waals surface area (Å²) in [5.41, 5.74) is 6.95. The second kappa shape index (κ2) is 4.21. The third-order valence-electron chi connectivity index (χ3n) is 2.39. The Labute approximate surface area is 96.6 Å². The summed E-state index contributed by atoms with van der Waals surface area (Å²) in [4.78, 5) is 9.72. The fraction of sp³-hybridized carbons (Fsp3) is 0. The Morgan fingerprint density at radius 1 is 1.06 bits per heavy atom. The van der Waals surface area contributed by atoms with Crippen LogP contribution in [-0.4, -0.2) is 4.92 Å². The highest BCUT2D eigenvalue weighted by Gasteiger charge is 2.14. The van der Waals surface area contributed by atoms with Crippen LogP contribution in [0.3, 0.4) is 0 Å². The molecule has 2 N–H and O–H groups in total. The van der Waals surface area contributed by atoms with Gasteiger partial charge in [-0.15, -0.1) is 0 Å². The largest absolute Gasteiger partial charge is 0.399 e. The van der Waals surface area contributed by atoms with E-state index in [1.165, 1.54) is 6.07 Å². The minimum Gasteiger partial charge on any atom is -0.399 e. The van der Waals surface area contributed by atoms with E-state index in [4.69, 9.17) is 5.73 Å². The fourth-order valence-electron chi connectivity index (χ4n) is 1.51. The highest BCUT2D eigenvalue weighted by Crippen LogP contribution is 2.25. The van der Waals surface area contributed by atoms with E-state index in [0.717, 1.165) is 17.7 Å². The summed E-state index contributed by atoms with van der Waals surface area (Å²) in [6.45, 7) is 0. The van der Waals surface area contributed by atoms with Crippen LogP contribution in [0.2, 0.25) is 0 Å². The first-order valence-corrected chi connectivity index (χ1v) is 4.88. The molecule has 0 bridgehead atoms. The summed E-state index contributed by atoms with van der Waals surface area (Å²) < 4.78 is 13.4. The molecular formula is C12H9FN2O2. The lowest BCUT2D eigenvalue weighted by Gasteiger charge is -2.02. The van der Waals surface area contributed by atoms with Crippen molar-refractivity contribution in [3.8, 4) is 11.1 Å². The van der Waals surface area contributed by atoms with Gasteiger partial charge in [0.05, 0.1) is 4.92 Å². The van der Waals surface area contributed by atoms with Gasteiger partial charge in [0.15, 0.2) is 0 Å². The zero-order valence-electron chi connectivity index (χ0n) is 8.76. The number of hydrogen-bond acceptors (Lipinski definition) is 3. The van der Waals surface area contributed by atoms with Crippen LogP contribution in [0.4, 0.5) is 15.8 Å². The predicted octanol–water partition coefficient (Wildman–Crippen LogP) is 2.98. The van der Waals surface area contributed by atoms with Crippen molar-refractivity contribution in [1.82, 2.24) is 0 Å². The van der Waals surface area contributed by atoms with Crippen molar-refractivity contribution < 1.29 is 9.31 Å². The molecule has 17 heavy (non-hydrogen) atoms. The molecule has 0 saturated heterocycles. The lowest BCUT2D eigenvalue weighted by molar-refractivity contribution is -0.387. The van der Waals surface area contributed by atoms with Crippen LogP contribution >= 0.6 is 0 Å². The van der Waals surface area contributed by atoms with E-state index < -0.39 is 16.4 Å². The molecule has 5 heteroatoms. The molecule has 0 amide bonds. The third kappa shape index (κ3) is 2.23. The normalized spacial score (nSPS) is 10.2. The molecule has 86 valence electrons. The Balaban J connectivity index is 2.44. The molecule has 0 fully saturated rings. The van der Waals surface area contributed by atoms with Crippen LogP contribution in [-0.2, 0) is 0 Å². The number of rotatable bonds is 2. The number of nitrogens with two attached hydrogens (primary N) is 1. The summed E-state index contributed by atoms with van der Waals surface area (Å²) in [5, 5.41) is 10.5. The van der Waals surface area contributed by atoms with E-state index in [0.29, 0.717) is 11.3 Å². The molecule has 2 aromatic carbocycles. The highest BCUT2D eigenvalue weighted by atomic mass is 19.1. The molecule has 2 rings (SSSR count). The quantitative estimate of drug-likeness (QED) is 0.491. The maximum Gasteiger partial charge on any atom is 0.304 e. The molecule has 0 aromatic heterocycles. The number of nitrogen functional groups attached to an aromatic ring is 1. The van der Waals surface area contributed by atoms with E-state index >= 15 is 0 Å². The summed E-state index contributed by atoms with van der Waals surface area (Å²) in [6, 6.07) is 10.6. The number of benzene rings is 2. The maximum atomic E-state index is 13.4. The standard InChI is InChI=1S/C12H9FN2O2/c13-11-7-9(3-6-12(11)15(16)17)8-1-4-10(14)5-2-8/h1-7H,14H2. The van der Waals surface area contributed by atoms with Gasteiger partial charge >= 0.3 is 5.69 Å². The Kier molecular flexibility index (Phi) is 2.74. The Morgan fingerprint density at radius 3 is 2.18 bits per heavy atom. The number of nitro benzene ring substituents is 1. The van der Waals surface area contributed by atoms with Crippen LogP contribution in [0.5, 0.6) is 0 Å². The van der Waals surface area contributed by atoms with Gasteiger partial charge in [0.1, 0.15) is 0 Å². The van der Waals surface area contributed by atoms with Crippen molar-refractivity contribution >= 4 is 11.4 Å². The average Bonchev–Trinajstić information content (AvgIpc) is 2.29. The maximum absolute atomic E-state index is 13.4. The first-order chi connectivity index (χ1) is 8.08. The molecule has 0 aliphatic heterocycles. The zero-order chi connectivity index (χ0) is 12.4. The van der Waals surface area contributed by atoms with Crippen LogP contribution in [0.25, 0.3) is 11.1 Å². The smallest absolute Gasteiger partial charge is 0.304 e. The SMILES string of the molecule is Nc1ccc(-c2ccc([N+](=O)[O-])c(F)c2)cc1. The van der Waals surface area contributed by atoms with Gasteiger partial charge in [0.25, 0.3) is 0 Å². The average molecular weight is 232 g/mol. The molecule has 0 spiro atoms. The number of nitrogens with zero attached hydrogens (tertiary/aromatic N) is 1. The van der Waals surface area contributed by atoms with Crippen LogP contribution < -0.4 is 5.73 Å². The number of hydrogen-bond donors (Lipinski definition) is 1. The summed E-state index contributed by atoms with van der Waals surface area (Å²) in [6.07, 6.45) is 0. The van der Waals surface area contributed by atoms with Gasteiger partial charge in [-0.3, -0.25) is 10.1 Å². The van der Waals surface area contributed by atoms with Crippen molar-refractivity contribution in [2.24, 2.45) is 0 Å². The van der Waals surface area contributed by atoms with E-state index in [1.54, 1.807) is 24.3 Å². The van der Waals surface area contributed by atoms with E-state index in [9.17, 15) is 14.5 Å². The topological polar surface area (TPSA) is 69.2 Å². The molecule has 4 nitrogen and oxygen atoms in total. The van der Waals surface area contributed by atoms with Crippen LogP contribution in [0.15, 0.2) is 42.5 Å². The van der Waals surface area contributed by atoms with Crippen LogP contribution in [0.1, 0.15) is 0 Å². The van der Waals surface area contributed by atoms with E-state index in [2.05, 4.69) is 0 Å². The zero-order valence-corrected chi connectivity index (χ0v) is 8.76. The molecule has 0 aliphatic carbocycles. The molecular weight excluding hydrogens is 223 g/mol. The van der Waals surface area contributed by atoms with Crippen molar-refractivity contribution in [2.45, 2.75) is 0 Å². The van der Waals surface area contributed by atoms with Gasteiger partial charge in [-0.2, -0.15) is 4.39 Å². The second-order valence-corrected chi connectivity index (χ2v) is 3.55. The van der Waals surface area contributed by atoms with Gasteiger partial charge in [0, 0.05) is 11.8 Å². The molecule has 0 radical (unpaired) electrons.